The van der Waals surface area contributed by atoms with Crippen molar-refractivity contribution < 1.29 is 27.1 Å². The van der Waals surface area contributed by atoms with E-state index in [0.29, 0.717) is 0 Å². The first-order chi connectivity index (χ1) is 8.84. The van der Waals surface area contributed by atoms with Gasteiger partial charge in [0.2, 0.25) is 6.10 Å². The minimum absolute atomic E-state index is 0.368. The summed E-state index contributed by atoms with van der Waals surface area (Å²) >= 11 is 0. The molecule has 1 fully saturated rings. The number of allylic oxidation sites excluding steroid dienone is 1. The summed E-state index contributed by atoms with van der Waals surface area (Å²) in [6, 6.07) is 0. The molecule has 0 heterocycles. The third-order valence-electron chi connectivity index (χ3n) is 4.19. The van der Waals surface area contributed by atoms with Crippen LogP contribution in [-0.2, 0) is 9.53 Å². The van der Waals surface area contributed by atoms with Crippen LogP contribution in [0.3, 0.4) is 0 Å². The molecule has 1 saturated carbocycles. The first-order valence-electron chi connectivity index (χ1n) is 5.96. The van der Waals surface area contributed by atoms with Gasteiger partial charge in [-0.05, 0) is 10.8 Å². The molecule has 20 heavy (non-hydrogen) atoms. The monoisotopic (exact) mass is 292 g/mol. The van der Waals surface area contributed by atoms with Gasteiger partial charge in [0.1, 0.15) is 0 Å². The van der Waals surface area contributed by atoms with Gasteiger partial charge in [0.25, 0.3) is 0 Å². The highest BCUT2D eigenvalue weighted by molar-refractivity contribution is 5.79. The van der Waals surface area contributed by atoms with Gasteiger partial charge >= 0.3 is 12.1 Å². The average molecular weight is 292 g/mol. The molecule has 1 atom stereocenters. The summed E-state index contributed by atoms with van der Waals surface area (Å²) in [5.74, 6) is -1.30. The van der Waals surface area contributed by atoms with Crippen molar-refractivity contribution in [2.24, 2.45) is 16.7 Å². The molecule has 6 heteroatoms. The van der Waals surface area contributed by atoms with E-state index >= 15 is 0 Å². The van der Waals surface area contributed by atoms with Crippen molar-refractivity contribution in [3.8, 4) is 12.3 Å². The second kappa shape index (κ2) is 4.80. The molecule has 1 aliphatic carbocycles. The maximum absolute atomic E-state index is 13.3. The van der Waals surface area contributed by atoms with Crippen LogP contribution < -0.4 is 0 Å². The minimum Gasteiger partial charge on any atom is -0.441 e. The Kier molecular flexibility index (Phi) is 3.97. The molecule has 0 spiro atoms. The van der Waals surface area contributed by atoms with Gasteiger partial charge in [-0.25, -0.2) is 4.39 Å². The van der Waals surface area contributed by atoms with Crippen LogP contribution in [0.25, 0.3) is 0 Å². The molecule has 0 N–H and O–H groups in total. The second-order valence-corrected chi connectivity index (χ2v) is 5.93. The normalized spacial score (nSPS) is 22.9. The van der Waals surface area contributed by atoms with Crippen LogP contribution in [-0.4, -0.2) is 18.2 Å². The maximum Gasteiger partial charge on any atom is 0.412 e. The number of rotatable bonds is 3. The Morgan fingerprint density at radius 2 is 1.75 bits per heavy atom. The molecule has 0 amide bonds. The first-order valence-corrected chi connectivity index (χ1v) is 5.96. The molecule has 0 aromatic carbocycles. The van der Waals surface area contributed by atoms with Crippen LogP contribution in [0.15, 0.2) is 11.9 Å². The Hall–Kier alpha value is -1.51. The van der Waals surface area contributed by atoms with Gasteiger partial charge in [0, 0.05) is 0 Å². The number of terminal acetylenes is 1. The number of ether oxygens (including phenoxy) is 1. The fourth-order valence-corrected chi connectivity index (χ4v) is 2.37. The molecule has 0 aromatic heterocycles. The third-order valence-corrected chi connectivity index (χ3v) is 4.19. The van der Waals surface area contributed by atoms with E-state index in [1.165, 1.54) is 0 Å². The lowest BCUT2D eigenvalue weighted by molar-refractivity contribution is -0.149. The van der Waals surface area contributed by atoms with E-state index in [2.05, 4.69) is 4.74 Å². The van der Waals surface area contributed by atoms with Crippen molar-refractivity contribution >= 4 is 5.97 Å². The molecule has 1 unspecified atom stereocenters. The quantitative estimate of drug-likeness (QED) is 0.451. The zero-order valence-electron chi connectivity index (χ0n) is 11.6. The summed E-state index contributed by atoms with van der Waals surface area (Å²) in [7, 11) is 0. The zero-order chi connectivity index (χ0) is 15.9. The molecule has 0 radical (unpaired) electrons. The number of carbonyl (C=O) groups is 1. The third kappa shape index (κ3) is 2.97. The Bertz CT molecular complexity index is 466. The van der Waals surface area contributed by atoms with E-state index in [1.54, 1.807) is 5.92 Å². The molecule has 1 rings (SSSR count). The van der Waals surface area contributed by atoms with Crippen LogP contribution in [0.4, 0.5) is 17.6 Å². The van der Waals surface area contributed by atoms with E-state index in [4.69, 9.17) is 6.42 Å². The van der Waals surface area contributed by atoms with Gasteiger partial charge in [0.05, 0.1) is 12.0 Å². The van der Waals surface area contributed by atoms with Gasteiger partial charge in [-0.3, -0.25) is 4.79 Å². The SMILES string of the molecule is C#CC(OC(=O)C1C(C)(C)C1(C)C)C(F)=CC(F)(F)F. The molecule has 0 bridgehead atoms. The average Bonchev–Trinajstić information content (AvgIpc) is 2.63. The molecule has 2 nitrogen and oxygen atoms in total. The van der Waals surface area contributed by atoms with E-state index in [1.807, 2.05) is 27.7 Å². The molecule has 0 aliphatic heterocycles. The van der Waals surface area contributed by atoms with Crippen molar-refractivity contribution in [3.05, 3.63) is 11.9 Å². The summed E-state index contributed by atoms with van der Waals surface area (Å²) in [4.78, 5) is 11.9. The fraction of sp³-hybridized carbons (Fsp3) is 0.643. The molecule has 0 saturated heterocycles. The summed E-state index contributed by atoms with van der Waals surface area (Å²) in [6.07, 6.45) is -2.49. The van der Waals surface area contributed by atoms with Gasteiger partial charge in [-0.2, -0.15) is 13.2 Å². The zero-order valence-corrected chi connectivity index (χ0v) is 11.6. The second-order valence-electron chi connectivity index (χ2n) is 5.93. The summed E-state index contributed by atoms with van der Waals surface area (Å²) in [6.45, 7) is 7.30. The summed E-state index contributed by atoms with van der Waals surface area (Å²) in [5.41, 5.74) is -0.735. The number of hydrogen-bond acceptors (Lipinski definition) is 2. The number of alkyl halides is 3. The van der Waals surface area contributed by atoms with Crippen molar-refractivity contribution in [3.63, 3.8) is 0 Å². The highest BCUT2D eigenvalue weighted by atomic mass is 19.4. The molecule has 112 valence electrons. The van der Waals surface area contributed by atoms with Crippen LogP contribution >= 0.6 is 0 Å². The molecular formula is C14H16F4O2. The lowest BCUT2D eigenvalue weighted by Gasteiger charge is -2.12. The Balaban J connectivity index is 2.80. The van der Waals surface area contributed by atoms with Gasteiger partial charge in [-0.15, -0.1) is 6.42 Å². The fourth-order valence-electron chi connectivity index (χ4n) is 2.37. The van der Waals surface area contributed by atoms with Crippen LogP contribution in [0.5, 0.6) is 0 Å². The van der Waals surface area contributed by atoms with E-state index < -0.39 is 36.1 Å². The molecule has 0 aromatic rings. The Labute approximate surface area is 115 Å². The topological polar surface area (TPSA) is 26.3 Å². The number of esters is 1. The van der Waals surface area contributed by atoms with Crippen LogP contribution in [0.2, 0.25) is 0 Å². The summed E-state index contributed by atoms with van der Waals surface area (Å²) < 4.78 is 54.1. The number of halogens is 4. The van der Waals surface area contributed by atoms with Gasteiger partial charge < -0.3 is 4.74 Å². The standard InChI is InChI=1S/C14H16F4O2/c1-6-9(8(15)7-14(16,17)18)20-11(19)10-12(2,3)13(10,4)5/h1,7,9-10H,2-5H3. The maximum atomic E-state index is 13.3. The van der Waals surface area contributed by atoms with E-state index in [0.717, 1.165) is 0 Å². The van der Waals surface area contributed by atoms with Crippen molar-refractivity contribution in [2.45, 2.75) is 40.0 Å². The molecule has 1 aliphatic rings. The summed E-state index contributed by atoms with van der Waals surface area (Å²) in [5, 5.41) is 0. The van der Waals surface area contributed by atoms with Crippen LogP contribution in [0, 0.1) is 29.1 Å². The lowest BCUT2D eigenvalue weighted by Crippen LogP contribution is -2.22. The minimum atomic E-state index is -4.86. The Morgan fingerprint density at radius 1 is 1.30 bits per heavy atom. The Morgan fingerprint density at radius 3 is 2.05 bits per heavy atom. The highest BCUT2D eigenvalue weighted by Crippen LogP contribution is 2.68. The van der Waals surface area contributed by atoms with Crippen LogP contribution in [0.1, 0.15) is 27.7 Å². The van der Waals surface area contributed by atoms with E-state index in [-0.39, 0.29) is 10.8 Å². The van der Waals surface area contributed by atoms with Gasteiger partial charge in [-0.1, -0.05) is 33.6 Å². The van der Waals surface area contributed by atoms with Gasteiger partial charge in [0.15, 0.2) is 5.83 Å². The van der Waals surface area contributed by atoms with Crippen molar-refractivity contribution in [2.75, 3.05) is 0 Å². The predicted octanol–water partition coefficient (Wildman–Crippen LogP) is 3.63. The van der Waals surface area contributed by atoms with Crippen molar-refractivity contribution in [1.82, 2.24) is 0 Å². The lowest BCUT2D eigenvalue weighted by atomic mass is 10.0. The predicted molar refractivity (Wildman–Crippen MR) is 65.0 cm³/mol. The van der Waals surface area contributed by atoms with E-state index in [9.17, 15) is 22.4 Å². The number of hydrogen-bond donors (Lipinski definition) is 0. The first kappa shape index (κ1) is 16.5. The largest absolute Gasteiger partial charge is 0.441 e. The van der Waals surface area contributed by atoms with Crippen molar-refractivity contribution in [1.29, 1.82) is 0 Å². The smallest absolute Gasteiger partial charge is 0.412 e. The highest BCUT2D eigenvalue weighted by Gasteiger charge is 2.69. The molecular weight excluding hydrogens is 276 g/mol. The number of carbonyl (C=O) groups excluding carboxylic acids is 1.